The van der Waals surface area contributed by atoms with Gasteiger partial charge in [-0.25, -0.2) is 13.7 Å². The van der Waals surface area contributed by atoms with Gasteiger partial charge in [0, 0.05) is 54.6 Å². The molecule has 0 fully saturated rings. The summed E-state index contributed by atoms with van der Waals surface area (Å²) in [6.45, 7) is 17.1. The third kappa shape index (κ3) is 12.6. The Morgan fingerprint density at radius 1 is 0.694 bits per heavy atom. The fourth-order valence-corrected chi connectivity index (χ4v) is 6.21. The van der Waals surface area contributed by atoms with Gasteiger partial charge in [0.25, 0.3) is 0 Å². The summed E-state index contributed by atoms with van der Waals surface area (Å²) in [6.07, 6.45) is 22.3. The molecule has 0 aliphatic heterocycles. The summed E-state index contributed by atoms with van der Waals surface area (Å²) in [7, 11) is 0. The van der Waals surface area contributed by atoms with E-state index in [1.807, 2.05) is 0 Å². The quantitative estimate of drug-likeness (QED) is 0.0735. The molecule has 0 spiro atoms. The molecule has 0 bridgehead atoms. The first-order valence-electron chi connectivity index (χ1n) is 18.2. The number of rotatable bonds is 19. The van der Waals surface area contributed by atoms with E-state index in [-0.39, 0.29) is 0 Å². The Labute approximate surface area is 294 Å². The number of ether oxygens (including phenoxy) is 2. The third-order valence-electron chi connectivity index (χ3n) is 8.90. The Hall–Kier alpha value is -4.23. The van der Waals surface area contributed by atoms with Crippen molar-refractivity contribution in [1.82, 2.24) is 9.78 Å². The molecular formula is C42H58N5O2+3. The van der Waals surface area contributed by atoms with Gasteiger partial charge >= 0.3 is 0 Å². The zero-order valence-electron chi connectivity index (χ0n) is 30.5. The van der Waals surface area contributed by atoms with Crippen molar-refractivity contribution < 1.29 is 23.2 Å². The highest BCUT2D eigenvalue weighted by atomic mass is 16.5. The fraction of sp³-hybridized carbons (Fsp3) is 0.452. The maximum atomic E-state index is 5.98. The fourth-order valence-electron chi connectivity index (χ4n) is 6.21. The number of hydrogen-bond acceptors (Lipinski definition) is 2. The molecule has 0 unspecified atom stereocenters. The van der Waals surface area contributed by atoms with Gasteiger partial charge in [0.2, 0.25) is 0 Å². The normalized spacial score (nSPS) is 11.7. The topological polar surface area (TPSA) is 50.8 Å². The largest absolute Gasteiger partial charge is 0.492 e. The van der Waals surface area contributed by atoms with Gasteiger partial charge in [-0.2, -0.15) is 0 Å². The van der Waals surface area contributed by atoms with Crippen molar-refractivity contribution in [2.45, 2.75) is 106 Å². The van der Waals surface area contributed by atoms with E-state index in [9.17, 15) is 0 Å². The first kappa shape index (κ1) is 36.1. The van der Waals surface area contributed by atoms with Gasteiger partial charge in [-0.1, -0.05) is 45.7 Å². The van der Waals surface area contributed by atoms with E-state index in [0.717, 1.165) is 63.5 Å². The number of aryl methyl sites for hydroxylation is 6. The monoisotopic (exact) mass is 664 g/mol. The molecule has 49 heavy (non-hydrogen) atoms. The number of pyridine rings is 3. The van der Waals surface area contributed by atoms with Gasteiger partial charge in [-0.3, -0.25) is 9.78 Å². The molecule has 0 saturated carbocycles. The first-order chi connectivity index (χ1) is 23.7. The molecule has 1 aromatic carbocycles. The second-order valence-electron chi connectivity index (χ2n) is 14.8. The zero-order chi connectivity index (χ0) is 34.5. The minimum atomic E-state index is 0.434. The minimum absolute atomic E-state index is 0.434. The summed E-state index contributed by atoms with van der Waals surface area (Å²) < 4.78 is 20.7. The molecule has 0 radical (unpaired) electrons. The van der Waals surface area contributed by atoms with Crippen molar-refractivity contribution >= 4 is 0 Å². The van der Waals surface area contributed by atoms with Crippen LogP contribution in [-0.2, 0) is 43.9 Å². The molecule has 4 aromatic heterocycles. The number of unbranched alkanes of at least 4 members (excludes halogenated alkanes) is 2. The summed E-state index contributed by atoms with van der Waals surface area (Å²) in [5, 5.41) is 3.34. The van der Waals surface area contributed by atoms with Gasteiger partial charge in [0.1, 0.15) is 12.4 Å². The van der Waals surface area contributed by atoms with Gasteiger partial charge in [0.15, 0.2) is 56.8 Å². The molecule has 7 nitrogen and oxygen atoms in total. The van der Waals surface area contributed by atoms with Gasteiger partial charge < -0.3 is 9.47 Å². The maximum absolute atomic E-state index is 5.98. The van der Waals surface area contributed by atoms with Crippen molar-refractivity contribution in [2.24, 2.45) is 5.41 Å². The molecule has 0 aliphatic carbocycles. The van der Waals surface area contributed by atoms with E-state index in [1.54, 1.807) is 0 Å². The van der Waals surface area contributed by atoms with E-state index in [1.165, 1.54) is 47.1 Å². The Kier molecular flexibility index (Phi) is 13.2. The van der Waals surface area contributed by atoms with E-state index in [0.29, 0.717) is 18.6 Å². The summed E-state index contributed by atoms with van der Waals surface area (Å²) in [5.74, 6) is 0.907. The number of benzene rings is 1. The van der Waals surface area contributed by atoms with Gasteiger partial charge in [-0.15, -0.1) is 0 Å². The van der Waals surface area contributed by atoms with E-state index < -0.39 is 0 Å². The molecule has 0 amide bonds. The summed E-state index contributed by atoms with van der Waals surface area (Å²) in [4.78, 5) is 0. The lowest BCUT2D eigenvalue weighted by atomic mass is 9.89. The molecule has 0 aliphatic rings. The zero-order valence-corrected chi connectivity index (χ0v) is 30.5. The average molecular weight is 665 g/mol. The van der Waals surface area contributed by atoms with E-state index >= 15 is 0 Å². The van der Waals surface area contributed by atoms with Crippen LogP contribution in [0, 0.1) is 19.3 Å². The van der Waals surface area contributed by atoms with Crippen LogP contribution in [-0.4, -0.2) is 23.0 Å². The number of H-pyrrole nitrogens is 1. The molecule has 1 N–H and O–H groups in total. The second kappa shape index (κ2) is 18.0. The van der Waals surface area contributed by atoms with Crippen LogP contribution in [0.4, 0.5) is 0 Å². The highest BCUT2D eigenvalue weighted by Crippen LogP contribution is 2.22. The molecule has 0 atom stereocenters. The lowest BCUT2D eigenvalue weighted by Gasteiger charge is -2.18. The van der Waals surface area contributed by atoms with Gasteiger partial charge in [-0.05, 0) is 67.0 Å². The molecule has 0 saturated heterocycles. The van der Waals surface area contributed by atoms with Crippen LogP contribution in [0.2, 0.25) is 0 Å². The van der Waals surface area contributed by atoms with Crippen molar-refractivity contribution in [3.63, 3.8) is 0 Å². The highest BCUT2D eigenvalue weighted by molar-refractivity contribution is 5.60. The smallest absolute Gasteiger partial charge is 0.171 e. The SMILES string of the molecule is Cc1cc(C)c[n+](CCC[n+]2ccc(-c3cc[n+](CCc4ccc(OCCn5cc(COCCCCCC(C)(C)C)[nH]5)cc4)cc3)cc2)c1. The molecule has 5 rings (SSSR count). The minimum Gasteiger partial charge on any atom is -0.492 e. The van der Waals surface area contributed by atoms with Crippen LogP contribution in [0.15, 0.2) is 98.0 Å². The van der Waals surface area contributed by atoms with E-state index in [2.05, 4.69) is 156 Å². The summed E-state index contributed by atoms with van der Waals surface area (Å²) in [5.41, 5.74) is 7.98. The molecule has 4 heterocycles. The van der Waals surface area contributed by atoms with Gasteiger partial charge in [0.05, 0.1) is 25.3 Å². The second-order valence-corrected chi connectivity index (χ2v) is 14.8. The Morgan fingerprint density at radius 3 is 1.94 bits per heavy atom. The van der Waals surface area contributed by atoms with Crippen LogP contribution in [0.3, 0.4) is 0 Å². The number of nitrogens with zero attached hydrogens (tertiary/aromatic N) is 4. The Morgan fingerprint density at radius 2 is 1.31 bits per heavy atom. The van der Waals surface area contributed by atoms with Crippen LogP contribution in [0.25, 0.3) is 11.1 Å². The molecular weight excluding hydrogens is 606 g/mol. The molecule has 5 aromatic rings. The lowest BCUT2D eigenvalue weighted by Crippen LogP contribution is -2.38. The summed E-state index contributed by atoms with van der Waals surface area (Å²) in [6, 6.07) is 19.6. The van der Waals surface area contributed by atoms with E-state index in [4.69, 9.17) is 9.47 Å². The number of hydrogen-bond donors (Lipinski definition) is 1. The third-order valence-corrected chi connectivity index (χ3v) is 8.90. The van der Waals surface area contributed by atoms with Crippen molar-refractivity contribution in [2.75, 3.05) is 13.2 Å². The van der Waals surface area contributed by atoms with Crippen molar-refractivity contribution in [3.8, 4) is 16.9 Å². The molecule has 260 valence electrons. The standard InChI is InChI=1S/C42H57N5O2/c1-35-30-36(2)32-46(31-35)21-9-20-44-23-15-38(16-24-44)39-17-25-45(26-18-39)22-14-37-10-12-41(13-11-37)49-29-27-47-33-40(43-47)34-48-28-8-6-7-19-42(3,4)5/h10-13,15-18,23-26,30-33H,6-9,14,19-22,27-29,34H2,1-5H3/q+2/p+1. The molecule has 7 heteroatoms. The van der Waals surface area contributed by atoms with Crippen LogP contribution in [0.5, 0.6) is 5.75 Å². The predicted molar refractivity (Wildman–Crippen MR) is 195 cm³/mol. The average Bonchev–Trinajstić information content (AvgIpc) is 3.05. The van der Waals surface area contributed by atoms with Crippen molar-refractivity contribution in [3.05, 3.63) is 120 Å². The number of aromatic amines is 1. The summed E-state index contributed by atoms with van der Waals surface area (Å²) >= 11 is 0. The van der Waals surface area contributed by atoms with Crippen molar-refractivity contribution in [1.29, 1.82) is 0 Å². The number of aromatic nitrogens is 5. The van der Waals surface area contributed by atoms with Crippen LogP contribution >= 0.6 is 0 Å². The Bertz CT molecular complexity index is 1650. The maximum Gasteiger partial charge on any atom is 0.171 e. The first-order valence-corrected chi connectivity index (χ1v) is 18.2. The Balaban J connectivity index is 0.947. The number of nitrogens with one attached hydrogen (secondary N) is 1. The van der Waals surface area contributed by atoms with Crippen LogP contribution in [0.1, 0.15) is 75.3 Å². The predicted octanol–water partition coefficient (Wildman–Crippen LogP) is 7.50. The van der Waals surface area contributed by atoms with Crippen LogP contribution < -0.4 is 18.4 Å². The lowest BCUT2D eigenvalue weighted by molar-refractivity contribution is -0.727. The highest BCUT2D eigenvalue weighted by Gasteiger charge is 2.10.